The van der Waals surface area contributed by atoms with Crippen LogP contribution in [0, 0.1) is 0 Å². The maximum atomic E-state index is 9.85. The molecule has 1 saturated carbocycles. The number of hydrogen-bond donors (Lipinski definition) is 3. The van der Waals surface area contributed by atoms with E-state index in [9.17, 15) is 5.11 Å². The van der Waals surface area contributed by atoms with Crippen LogP contribution in [0.2, 0.25) is 0 Å². The molecule has 1 aromatic heterocycles. The molecule has 1 aliphatic heterocycles. The van der Waals surface area contributed by atoms with Crippen molar-refractivity contribution >= 4 is 23.2 Å². The molecule has 5 rings (SSSR count). The van der Waals surface area contributed by atoms with Gasteiger partial charge >= 0.3 is 0 Å². The van der Waals surface area contributed by atoms with E-state index in [1.165, 1.54) is 48.9 Å². The summed E-state index contributed by atoms with van der Waals surface area (Å²) in [6, 6.07) is 4.59. The molecule has 35 heavy (non-hydrogen) atoms. The quantitative estimate of drug-likeness (QED) is 0.381. The highest BCUT2D eigenvalue weighted by molar-refractivity contribution is 5.89. The van der Waals surface area contributed by atoms with Crippen molar-refractivity contribution in [2.24, 2.45) is 0 Å². The van der Waals surface area contributed by atoms with Crippen LogP contribution in [-0.2, 0) is 17.6 Å². The molecule has 0 spiro atoms. The van der Waals surface area contributed by atoms with E-state index in [4.69, 9.17) is 24.4 Å². The molecule has 1 saturated heterocycles. The number of ether oxygens (including phenoxy) is 2. The van der Waals surface area contributed by atoms with Gasteiger partial charge in [-0.25, -0.2) is 4.98 Å². The molecular weight excluding hydrogens is 446 g/mol. The Balaban J connectivity index is 0.000000917. The van der Waals surface area contributed by atoms with E-state index in [1.807, 2.05) is 0 Å². The molecule has 0 radical (unpaired) electrons. The summed E-state index contributed by atoms with van der Waals surface area (Å²) >= 11 is 0. The number of pyridine rings is 1. The Kier molecular flexibility index (Phi) is 9.04. The minimum absolute atomic E-state index is 0.138. The van der Waals surface area contributed by atoms with Gasteiger partial charge in [-0.15, -0.1) is 0 Å². The number of benzene rings is 1. The first-order valence-corrected chi connectivity index (χ1v) is 13.0. The second-order valence-corrected chi connectivity index (χ2v) is 9.80. The molecule has 192 valence electrons. The van der Waals surface area contributed by atoms with E-state index in [2.05, 4.69) is 22.3 Å². The maximum absolute atomic E-state index is 9.85. The summed E-state index contributed by atoms with van der Waals surface area (Å²) in [4.78, 5) is 16.0. The minimum Gasteiger partial charge on any atom is -0.493 e. The Hall–Kier alpha value is -2.58. The summed E-state index contributed by atoms with van der Waals surface area (Å²) in [5.41, 5.74) is 3.76. The van der Waals surface area contributed by atoms with Gasteiger partial charge in [-0.2, -0.15) is 0 Å². The molecule has 2 fully saturated rings. The Morgan fingerprint density at radius 2 is 1.80 bits per heavy atom. The van der Waals surface area contributed by atoms with Gasteiger partial charge in [-0.05, 0) is 94.5 Å². The second-order valence-electron chi connectivity index (χ2n) is 9.80. The largest absolute Gasteiger partial charge is 0.493 e. The molecule has 3 N–H and O–H groups in total. The smallest absolute Gasteiger partial charge is 0.290 e. The van der Waals surface area contributed by atoms with Crippen molar-refractivity contribution in [2.75, 3.05) is 38.7 Å². The number of carbonyl (C=O) groups is 1. The maximum Gasteiger partial charge on any atom is 0.290 e. The number of fused-ring (bicyclic) bond motifs is 3. The van der Waals surface area contributed by atoms with Crippen LogP contribution in [0.3, 0.4) is 0 Å². The third-order valence-electron chi connectivity index (χ3n) is 7.46. The van der Waals surface area contributed by atoms with Crippen LogP contribution in [-0.4, -0.2) is 72.1 Å². The zero-order valence-corrected chi connectivity index (χ0v) is 20.8. The average molecular weight is 486 g/mol. The van der Waals surface area contributed by atoms with Crippen molar-refractivity contribution in [3.05, 3.63) is 23.3 Å². The second kappa shape index (κ2) is 12.4. The fourth-order valence-electron chi connectivity index (χ4n) is 5.66. The van der Waals surface area contributed by atoms with Crippen molar-refractivity contribution < 1.29 is 24.5 Å². The van der Waals surface area contributed by atoms with Gasteiger partial charge in [-0.3, -0.25) is 4.79 Å². The first kappa shape index (κ1) is 25.5. The predicted molar refractivity (Wildman–Crippen MR) is 137 cm³/mol. The normalized spacial score (nSPS) is 21.8. The third kappa shape index (κ3) is 6.35. The van der Waals surface area contributed by atoms with Gasteiger partial charge in [0.25, 0.3) is 6.47 Å². The van der Waals surface area contributed by atoms with Gasteiger partial charge in [0.1, 0.15) is 5.82 Å². The lowest BCUT2D eigenvalue weighted by atomic mass is 9.93. The minimum atomic E-state index is -0.250. The lowest BCUT2D eigenvalue weighted by Crippen LogP contribution is -2.29. The number of aliphatic hydroxyl groups is 1. The zero-order chi connectivity index (χ0) is 24.6. The molecular formula is C27H39N3O5. The lowest BCUT2D eigenvalue weighted by Gasteiger charge is -2.27. The highest BCUT2D eigenvalue weighted by atomic mass is 16.5. The standard InChI is InChI=1S/C26H37N3O3.CH2O2/c1-31-24-16-22-20-6-4-7-21(20)26(27-18-8-10-19(30)11-9-18)28-23(22)17-25(24)32-15-5-14-29-12-2-3-13-29;2-1-3/h16-19,30H,2-15H2,1H3,(H,27,28);1H,(H,2,3). The van der Waals surface area contributed by atoms with Crippen LogP contribution in [0.5, 0.6) is 11.5 Å². The summed E-state index contributed by atoms with van der Waals surface area (Å²) in [7, 11) is 1.72. The fraction of sp³-hybridized carbons (Fsp3) is 0.630. The van der Waals surface area contributed by atoms with Gasteiger partial charge in [0, 0.05) is 24.0 Å². The van der Waals surface area contributed by atoms with Crippen molar-refractivity contribution in [2.45, 2.75) is 76.4 Å². The number of aromatic nitrogens is 1. The average Bonchev–Trinajstić information content (AvgIpc) is 3.56. The number of rotatable bonds is 8. The number of hydrogen-bond acceptors (Lipinski definition) is 7. The molecule has 2 aromatic rings. The molecule has 0 amide bonds. The number of nitrogens with one attached hydrogen (secondary N) is 1. The molecule has 2 heterocycles. The number of anilines is 1. The monoisotopic (exact) mass is 485 g/mol. The predicted octanol–water partition coefficient (Wildman–Crippen LogP) is 4.01. The highest BCUT2D eigenvalue weighted by Gasteiger charge is 2.25. The number of aryl methyl sites for hydroxylation is 1. The van der Waals surface area contributed by atoms with Gasteiger partial charge < -0.3 is 29.9 Å². The first-order chi connectivity index (χ1) is 17.1. The number of likely N-dealkylation sites (tertiary alicyclic amines) is 1. The van der Waals surface area contributed by atoms with E-state index < -0.39 is 0 Å². The number of nitrogens with zero attached hydrogens (tertiary/aromatic N) is 2. The topological polar surface area (TPSA) is 104 Å². The summed E-state index contributed by atoms with van der Waals surface area (Å²) in [6.07, 6.45) is 10.6. The van der Waals surface area contributed by atoms with Gasteiger partial charge in [0.15, 0.2) is 11.5 Å². The Bertz CT molecular complexity index is 985. The molecule has 0 unspecified atom stereocenters. The molecule has 8 heteroatoms. The van der Waals surface area contributed by atoms with E-state index in [-0.39, 0.29) is 12.6 Å². The summed E-state index contributed by atoms with van der Waals surface area (Å²) in [5, 5.41) is 21.7. The van der Waals surface area contributed by atoms with Crippen molar-refractivity contribution in [3.63, 3.8) is 0 Å². The molecule has 1 aromatic carbocycles. The van der Waals surface area contributed by atoms with Gasteiger partial charge in [0.2, 0.25) is 0 Å². The Morgan fingerprint density at radius 3 is 2.51 bits per heavy atom. The van der Waals surface area contributed by atoms with Crippen LogP contribution in [0.1, 0.15) is 62.5 Å². The van der Waals surface area contributed by atoms with Crippen LogP contribution in [0.25, 0.3) is 10.9 Å². The van der Waals surface area contributed by atoms with E-state index in [0.29, 0.717) is 12.6 Å². The summed E-state index contributed by atoms with van der Waals surface area (Å²) in [5.74, 6) is 2.63. The number of aliphatic hydroxyl groups excluding tert-OH is 1. The Morgan fingerprint density at radius 1 is 1.09 bits per heavy atom. The van der Waals surface area contributed by atoms with E-state index in [0.717, 1.165) is 74.3 Å². The molecule has 0 atom stereocenters. The highest BCUT2D eigenvalue weighted by Crippen LogP contribution is 2.39. The van der Waals surface area contributed by atoms with Crippen LogP contribution in [0.4, 0.5) is 5.82 Å². The van der Waals surface area contributed by atoms with Gasteiger partial charge in [-0.1, -0.05) is 0 Å². The van der Waals surface area contributed by atoms with Crippen molar-refractivity contribution in [3.8, 4) is 11.5 Å². The van der Waals surface area contributed by atoms with Gasteiger partial charge in [0.05, 0.1) is 25.3 Å². The third-order valence-corrected chi connectivity index (χ3v) is 7.46. The van der Waals surface area contributed by atoms with Crippen LogP contribution in [0.15, 0.2) is 12.1 Å². The van der Waals surface area contributed by atoms with E-state index >= 15 is 0 Å². The van der Waals surface area contributed by atoms with Crippen LogP contribution >= 0.6 is 0 Å². The summed E-state index contributed by atoms with van der Waals surface area (Å²) in [6.45, 7) is 4.00. The SMILES string of the molecule is COc1cc2c3c(c(NC4CCC(O)CC4)nc2cc1OCCCN1CCCC1)CCC3.O=CO. The van der Waals surface area contributed by atoms with E-state index in [1.54, 1.807) is 7.11 Å². The summed E-state index contributed by atoms with van der Waals surface area (Å²) < 4.78 is 11.9. The zero-order valence-electron chi connectivity index (χ0n) is 20.8. The van der Waals surface area contributed by atoms with Crippen LogP contribution < -0.4 is 14.8 Å². The molecule has 2 aliphatic carbocycles. The molecule has 8 nitrogen and oxygen atoms in total. The lowest BCUT2D eigenvalue weighted by molar-refractivity contribution is -0.122. The number of methoxy groups -OCH3 is 1. The number of carboxylic acid groups (broad SMARTS) is 1. The first-order valence-electron chi connectivity index (χ1n) is 13.0. The van der Waals surface area contributed by atoms with Crippen molar-refractivity contribution in [1.82, 2.24) is 9.88 Å². The Labute approximate surface area is 207 Å². The molecule has 0 bridgehead atoms. The van der Waals surface area contributed by atoms with Crippen molar-refractivity contribution in [1.29, 1.82) is 0 Å². The molecule has 3 aliphatic rings. The fourth-order valence-corrected chi connectivity index (χ4v) is 5.66.